The van der Waals surface area contributed by atoms with Crippen molar-refractivity contribution in [3.63, 3.8) is 0 Å². The van der Waals surface area contributed by atoms with E-state index in [4.69, 9.17) is 21.1 Å². The molecule has 7 heteroatoms. The largest absolute Gasteiger partial charge is 0.497 e. The van der Waals surface area contributed by atoms with Gasteiger partial charge in [0.25, 0.3) is 5.91 Å². The van der Waals surface area contributed by atoms with E-state index < -0.39 is 0 Å². The molecule has 0 aliphatic heterocycles. The molecule has 0 radical (unpaired) electrons. The number of hydrogen-bond donors (Lipinski definition) is 1. The fourth-order valence-corrected chi connectivity index (χ4v) is 4.98. The van der Waals surface area contributed by atoms with Crippen LogP contribution in [-0.4, -0.2) is 25.1 Å². The van der Waals surface area contributed by atoms with Crippen LogP contribution in [0.15, 0.2) is 42.5 Å². The quantitative estimate of drug-likeness (QED) is 0.469. The van der Waals surface area contributed by atoms with Gasteiger partial charge in [0.2, 0.25) is 0 Å². The Morgan fingerprint density at radius 2 is 1.80 bits per heavy atom. The van der Waals surface area contributed by atoms with Gasteiger partial charge in [-0.15, -0.1) is 11.3 Å². The number of methoxy groups -OCH3 is 1. The lowest BCUT2D eigenvalue weighted by Gasteiger charge is -2.21. The van der Waals surface area contributed by atoms with Crippen LogP contribution in [-0.2, 0) is 4.74 Å². The molecule has 2 aromatic carbocycles. The third-order valence-electron chi connectivity index (χ3n) is 5.25. The molecule has 1 aromatic heterocycles. The molecule has 1 heterocycles. The molecule has 1 aliphatic carbocycles. The molecule has 1 aliphatic rings. The molecule has 0 atom stereocenters. The van der Waals surface area contributed by atoms with E-state index in [9.17, 15) is 9.59 Å². The maximum absolute atomic E-state index is 12.7. The van der Waals surface area contributed by atoms with Gasteiger partial charge in [-0.2, -0.15) is 0 Å². The molecule has 1 fully saturated rings. The second-order valence-electron chi connectivity index (χ2n) is 7.30. The van der Waals surface area contributed by atoms with Crippen LogP contribution >= 0.6 is 22.9 Å². The number of fused-ring (bicyclic) bond motifs is 1. The van der Waals surface area contributed by atoms with Crippen LogP contribution in [0.1, 0.15) is 52.1 Å². The Morgan fingerprint density at radius 1 is 1.07 bits per heavy atom. The molecule has 0 bridgehead atoms. The molecule has 3 aromatic rings. The SMILES string of the molecule is COc1ccc2sc(C(=O)Nc3ccc(C(=O)OC4CCCCC4)cc3)c(Cl)c2c1. The number of amides is 1. The number of hydrogen-bond acceptors (Lipinski definition) is 5. The van der Waals surface area contributed by atoms with Crippen LogP contribution < -0.4 is 10.1 Å². The minimum absolute atomic E-state index is 0.0133. The summed E-state index contributed by atoms with van der Waals surface area (Å²) in [5, 5.41) is 4.03. The van der Waals surface area contributed by atoms with Crippen molar-refractivity contribution in [2.75, 3.05) is 12.4 Å². The number of nitrogens with one attached hydrogen (secondary N) is 1. The van der Waals surface area contributed by atoms with Gasteiger partial charge in [0.1, 0.15) is 16.7 Å². The number of carbonyl (C=O) groups is 2. The number of esters is 1. The van der Waals surface area contributed by atoms with Crippen molar-refractivity contribution in [3.8, 4) is 5.75 Å². The lowest BCUT2D eigenvalue weighted by Crippen LogP contribution is -2.20. The van der Waals surface area contributed by atoms with E-state index in [0.717, 1.165) is 35.8 Å². The zero-order valence-electron chi connectivity index (χ0n) is 16.6. The summed E-state index contributed by atoms with van der Waals surface area (Å²) in [7, 11) is 1.59. The average Bonchev–Trinajstić information content (AvgIpc) is 3.11. The van der Waals surface area contributed by atoms with Crippen molar-refractivity contribution in [1.29, 1.82) is 0 Å². The first-order chi connectivity index (χ1) is 14.5. The Hall–Kier alpha value is -2.57. The molecule has 1 saturated carbocycles. The van der Waals surface area contributed by atoms with Crippen LogP contribution in [0.5, 0.6) is 5.75 Å². The molecule has 0 saturated heterocycles. The summed E-state index contributed by atoms with van der Waals surface area (Å²) >= 11 is 7.76. The second kappa shape index (κ2) is 9.06. The zero-order chi connectivity index (χ0) is 21.1. The Kier molecular flexibility index (Phi) is 6.25. The van der Waals surface area contributed by atoms with E-state index >= 15 is 0 Å². The molecule has 156 valence electrons. The van der Waals surface area contributed by atoms with Gasteiger partial charge in [-0.25, -0.2) is 4.79 Å². The van der Waals surface area contributed by atoms with E-state index in [1.807, 2.05) is 18.2 Å². The van der Waals surface area contributed by atoms with Crippen molar-refractivity contribution in [3.05, 3.63) is 57.9 Å². The fourth-order valence-electron chi connectivity index (χ4n) is 3.60. The molecule has 4 rings (SSSR count). The van der Waals surface area contributed by atoms with Crippen molar-refractivity contribution >= 4 is 50.6 Å². The summed E-state index contributed by atoms with van der Waals surface area (Å²) in [4.78, 5) is 25.5. The highest BCUT2D eigenvalue weighted by molar-refractivity contribution is 7.21. The fraction of sp³-hybridized carbons (Fsp3) is 0.304. The third-order valence-corrected chi connectivity index (χ3v) is 6.92. The van der Waals surface area contributed by atoms with E-state index in [2.05, 4.69) is 5.32 Å². The molecule has 30 heavy (non-hydrogen) atoms. The highest BCUT2D eigenvalue weighted by atomic mass is 35.5. The smallest absolute Gasteiger partial charge is 0.338 e. The Balaban J connectivity index is 1.44. The Morgan fingerprint density at radius 3 is 2.50 bits per heavy atom. The van der Waals surface area contributed by atoms with Gasteiger partial charge in [0.05, 0.1) is 17.7 Å². The van der Waals surface area contributed by atoms with E-state index in [1.54, 1.807) is 31.4 Å². The summed E-state index contributed by atoms with van der Waals surface area (Å²) in [5.41, 5.74) is 1.06. The van der Waals surface area contributed by atoms with Crippen LogP contribution in [0.25, 0.3) is 10.1 Å². The molecular weight excluding hydrogens is 422 g/mol. The number of ether oxygens (including phenoxy) is 2. The first kappa shape index (κ1) is 20.7. The minimum atomic E-state index is -0.318. The number of thiophene rings is 1. The first-order valence-corrected chi connectivity index (χ1v) is 11.1. The highest BCUT2D eigenvalue weighted by Crippen LogP contribution is 2.37. The lowest BCUT2D eigenvalue weighted by atomic mass is 9.98. The number of halogens is 1. The Labute approximate surface area is 183 Å². The van der Waals surface area contributed by atoms with Crippen molar-refractivity contribution in [2.24, 2.45) is 0 Å². The van der Waals surface area contributed by atoms with Gasteiger partial charge < -0.3 is 14.8 Å². The standard InChI is InChI=1S/C23H22ClNO4S/c1-28-17-11-12-19-18(13-17)20(24)21(30-19)22(26)25-15-9-7-14(8-10-15)23(27)29-16-5-3-2-4-6-16/h7-13,16H,2-6H2,1H3,(H,25,26). The van der Waals surface area contributed by atoms with Gasteiger partial charge in [-0.05, 0) is 68.1 Å². The highest BCUT2D eigenvalue weighted by Gasteiger charge is 2.20. The Bertz CT molecular complexity index is 1070. The maximum atomic E-state index is 12.7. The van der Waals surface area contributed by atoms with Gasteiger partial charge in [0.15, 0.2) is 0 Å². The predicted molar refractivity (Wildman–Crippen MR) is 120 cm³/mol. The zero-order valence-corrected chi connectivity index (χ0v) is 18.1. The number of rotatable bonds is 5. The summed E-state index contributed by atoms with van der Waals surface area (Å²) in [5.74, 6) is 0.0730. The van der Waals surface area contributed by atoms with E-state index in [1.165, 1.54) is 17.8 Å². The lowest BCUT2D eigenvalue weighted by molar-refractivity contribution is 0.0211. The monoisotopic (exact) mass is 443 g/mol. The van der Waals surface area contributed by atoms with Gasteiger partial charge in [-0.1, -0.05) is 18.0 Å². The number of anilines is 1. The topological polar surface area (TPSA) is 64.6 Å². The number of carbonyl (C=O) groups excluding carboxylic acids is 2. The molecule has 1 amide bonds. The number of benzene rings is 2. The van der Waals surface area contributed by atoms with Crippen LogP contribution in [0.2, 0.25) is 5.02 Å². The van der Waals surface area contributed by atoms with Crippen LogP contribution in [0.4, 0.5) is 5.69 Å². The first-order valence-electron chi connectivity index (χ1n) is 9.93. The van der Waals surface area contributed by atoms with Crippen LogP contribution in [0.3, 0.4) is 0 Å². The molecule has 0 spiro atoms. The average molecular weight is 444 g/mol. The molecule has 5 nitrogen and oxygen atoms in total. The van der Waals surface area contributed by atoms with Gasteiger partial charge in [-0.3, -0.25) is 4.79 Å². The molecule has 1 N–H and O–H groups in total. The van der Waals surface area contributed by atoms with E-state index in [0.29, 0.717) is 26.9 Å². The molecular formula is C23H22ClNO4S. The summed E-state index contributed by atoms with van der Waals surface area (Å²) in [6.07, 6.45) is 5.30. The molecule has 0 unspecified atom stereocenters. The van der Waals surface area contributed by atoms with E-state index in [-0.39, 0.29) is 18.0 Å². The summed E-state index contributed by atoms with van der Waals surface area (Å²) in [6, 6.07) is 12.3. The normalized spacial score (nSPS) is 14.5. The minimum Gasteiger partial charge on any atom is -0.497 e. The second-order valence-corrected chi connectivity index (χ2v) is 8.73. The van der Waals surface area contributed by atoms with Crippen molar-refractivity contribution in [1.82, 2.24) is 0 Å². The van der Waals surface area contributed by atoms with Crippen molar-refractivity contribution < 1.29 is 19.1 Å². The predicted octanol–water partition coefficient (Wildman–Crippen LogP) is 6.31. The van der Waals surface area contributed by atoms with Gasteiger partial charge in [0, 0.05) is 15.8 Å². The third kappa shape index (κ3) is 4.45. The summed E-state index contributed by atoms with van der Waals surface area (Å²) in [6.45, 7) is 0. The summed E-state index contributed by atoms with van der Waals surface area (Å²) < 4.78 is 11.7. The van der Waals surface area contributed by atoms with Crippen LogP contribution in [0, 0.1) is 0 Å². The van der Waals surface area contributed by atoms with Crippen molar-refractivity contribution in [2.45, 2.75) is 38.2 Å². The van der Waals surface area contributed by atoms with Gasteiger partial charge >= 0.3 is 5.97 Å². The maximum Gasteiger partial charge on any atom is 0.338 e.